The van der Waals surface area contributed by atoms with E-state index >= 15 is 0 Å². The van der Waals surface area contributed by atoms with Gasteiger partial charge in [0.2, 0.25) is 0 Å². The summed E-state index contributed by atoms with van der Waals surface area (Å²) in [4.78, 5) is 23.1. The Morgan fingerprint density at radius 2 is 1.36 bits per heavy atom. The van der Waals surface area contributed by atoms with Crippen molar-refractivity contribution in [2.45, 2.75) is 109 Å². The number of nitrogens with zero attached hydrogens (tertiary/aromatic N) is 1. The van der Waals surface area contributed by atoms with Gasteiger partial charge in [-0.1, -0.05) is 70.4 Å². The quantitative estimate of drug-likeness (QED) is 0.0574. The van der Waals surface area contributed by atoms with E-state index in [0.717, 1.165) is 32.1 Å². The number of carbonyl (C=O) groups excluding carboxylic acids is 1. The van der Waals surface area contributed by atoms with E-state index in [0.29, 0.717) is 17.4 Å². The van der Waals surface area contributed by atoms with E-state index in [1.807, 2.05) is 21.1 Å². The Hall–Kier alpha value is -1.48. The molecule has 0 aliphatic heterocycles. The number of aliphatic hydroxyl groups excluding tert-OH is 1. The lowest BCUT2D eigenvalue weighted by molar-refractivity contribution is -0.870. The molecule has 2 N–H and O–H groups in total. The second-order valence-corrected chi connectivity index (χ2v) is 10.6. The van der Waals surface area contributed by atoms with Crippen molar-refractivity contribution in [3.05, 3.63) is 12.2 Å². The minimum atomic E-state index is -1.46. The van der Waals surface area contributed by atoms with Gasteiger partial charge in [-0.3, -0.25) is 4.79 Å². The first-order valence-corrected chi connectivity index (χ1v) is 13.9. The first kappa shape index (κ1) is 34.5. The summed E-state index contributed by atoms with van der Waals surface area (Å²) in [5.74, 6) is -1.62. The van der Waals surface area contributed by atoms with Gasteiger partial charge in [-0.15, -0.1) is 0 Å². The van der Waals surface area contributed by atoms with Crippen molar-refractivity contribution in [3.63, 3.8) is 0 Å². The van der Waals surface area contributed by atoms with Crippen LogP contribution in [0.3, 0.4) is 0 Å². The predicted octanol–water partition coefficient (Wildman–Crippen LogP) is 5.08. The number of hydrogen-bond acceptors (Lipinski definition) is 6. The number of hydrogen-bond donors (Lipinski definition) is 2. The smallest absolute Gasteiger partial charge is 0.361 e. The molecule has 0 saturated heterocycles. The molecule has 0 aliphatic carbocycles. The largest absolute Gasteiger partial charge is 0.477 e. The molecule has 0 aromatic rings. The molecule has 0 radical (unpaired) electrons. The van der Waals surface area contributed by atoms with Crippen LogP contribution in [0.1, 0.15) is 96.8 Å². The first-order chi connectivity index (χ1) is 17.2. The van der Waals surface area contributed by atoms with Crippen LogP contribution in [0.4, 0.5) is 0 Å². The third-order valence-corrected chi connectivity index (χ3v) is 5.75. The number of ether oxygens (including phenoxy) is 3. The molecule has 0 rings (SSSR count). The molecule has 0 saturated carbocycles. The van der Waals surface area contributed by atoms with Crippen molar-refractivity contribution in [1.29, 1.82) is 0 Å². The number of aliphatic hydroxyl groups is 1. The van der Waals surface area contributed by atoms with E-state index in [1.165, 1.54) is 51.4 Å². The van der Waals surface area contributed by atoms with Crippen LogP contribution in [0.5, 0.6) is 0 Å². The van der Waals surface area contributed by atoms with Gasteiger partial charge in [0.1, 0.15) is 19.3 Å². The Labute approximate surface area is 219 Å². The van der Waals surface area contributed by atoms with Crippen molar-refractivity contribution in [2.75, 3.05) is 47.5 Å². The average molecular weight is 517 g/mol. The zero-order chi connectivity index (χ0) is 27.1. The number of aliphatic carboxylic acids is 1. The van der Waals surface area contributed by atoms with Gasteiger partial charge >= 0.3 is 11.9 Å². The maximum absolute atomic E-state index is 11.9. The highest BCUT2D eigenvalue weighted by Gasteiger charge is 2.22. The van der Waals surface area contributed by atoms with Crippen molar-refractivity contribution in [3.8, 4) is 0 Å². The molecule has 2 unspecified atom stereocenters. The third kappa shape index (κ3) is 24.2. The minimum Gasteiger partial charge on any atom is -0.477 e. The summed E-state index contributed by atoms with van der Waals surface area (Å²) in [5, 5.41) is 19.1. The molecule has 0 amide bonds. The number of carboxylic acids is 1. The Morgan fingerprint density at radius 1 is 0.806 bits per heavy atom. The Balaban J connectivity index is 3.67. The second-order valence-electron chi connectivity index (χ2n) is 10.6. The summed E-state index contributed by atoms with van der Waals surface area (Å²) in [6.45, 7) is 2.55. The molecule has 0 aliphatic rings. The number of allylic oxidation sites excluding steroid dienone is 2. The summed E-state index contributed by atoms with van der Waals surface area (Å²) in [7, 11) is 5.90. The molecule has 0 aromatic heterocycles. The Morgan fingerprint density at radius 3 is 1.92 bits per heavy atom. The fraction of sp³-hybridized carbons (Fsp3) is 0.857. The summed E-state index contributed by atoms with van der Waals surface area (Å²) >= 11 is 0. The summed E-state index contributed by atoms with van der Waals surface area (Å²) in [6.07, 6.45) is 17.9. The molecule has 8 nitrogen and oxygen atoms in total. The molecular weight excluding hydrogens is 462 g/mol. The van der Waals surface area contributed by atoms with E-state index in [-0.39, 0.29) is 25.8 Å². The molecule has 212 valence electrons. The van der Waals surface area contributed by atoms with Gasteiger partial charge < -0.3 is 28.9 Å². The maximum atomic E-state index is 11.9. The van der Waals surface area contributed by atoms with Gasteiger partial charge in [0.25, 0.3) is 6.29 Å². The highest BCUT2D eigenvalue weighted by atomic mass is 16.7. The molecule has 0 aromatic carbocycles. The van der Waals surface area contributed by atoms with Crippen LogP contribution >= 0.6 is 0 Å². The first-order valence-electron chi connectivity index (χ1n) is 13.9. The number of rotatable bonds is 25. The van der Waals surface area contributed by atoms with E-state index in [4.69, 9.17) is 14.2 Å². The van der Waals surface area contributed by atoms with Crippen LogP contribution in [-0.2, 0) is 23.8 Å². The molecular formula is C28H54NO7+. The van der Waals surface area contributed by atoms with Gasteiger partial charge in [-0.25, -0.2) is 4.79 Å². The van der Waals surface area contributed by atoms with Crippen LogP contribution in [-0.4, -0.2) is 86.5 Å². The van der Waals surface area contributed by atoms with Gasteiger partial charge in [0.15, 0.2) is 0 Å². The number of unbranched alkanes of at least 4 members (excludes halogenated alkanes) is 11. The van der Waals surface area contributed by atoms with E-state index in [2.05, 4.69) is 19.1 Å². The maximum Gasteiger partial charge on any atom is 0.361 e. The van der Waals surface area contributed by atoms with Gasteiger partial charge in [0, 0.05) is 6.42 Å². The Bertz CT molecular complexity index is 575. The molecule has 0 fully saturated rings. The van der Waals surface area contributed by atoms with Crippen molar-refractivity contribution >= 4 is 11.9 Å². The summed E-state index contributed by atoms with van der Waals surface area (Å²) in [5.41, 5.74) is 0. The van der Waals surface area contributed by atoms with Crippen molar-refractivity contribution in [1.82, 2.24) is 0 Å². The summed E-state index contributed by atoms with van der Waals surface area (Å²) < 4.78 is 16.1. The second kappa shape index (κ2) is 22.7. The van der Waals surface area contributed by atoms with Crippen LogP contribution < -0.4 is 0 Å². The number of quaternary nitrogens is 1. The topological polar surface area (TPSA) is 102 Å². The van der Waals surface area contributed by atoms with E-state index in [9.17, 15) is 19.8 Å². The average Bonchev–Trinajstić information content (AvgIpc) is 2.81. The number of esters is 1. The number of carbonyl (C=O) groups is 2. The number of likely N-dealkylation sites (N-methyl/N-ethyl adjacent to an activating group) is 1. The molecule has 36 heavy (non-hydrogen) atoms. The van der Waals surface area contributed by atoms with Crippen LogP contribution in [0, 0.1) is 0 Å². The fourth-order valence-electron chi connectivity index (χ4n) is 3.47. The highest BCUT2D eigenvalue weighted by Crippen LogP contribution is 2.10. The van der Waals surface area contributed by atoms with E-state index in [1.54, 1.807) is 0 Å². The lowest BCUT2D eigenvalue weighted by Gasteiger charge is -2.24. The molecule has 0 heterocycles. The number of carboxylic acid groups (broad SMARTS) is 1. The van der Waals surface area contributed by atoms with Crippen LogP contribution in [0.2, 0.25) is 0 Å². The highest BCUT2D eigenvalue weighted by molar-refractivity contribution is 5.70. The standard InChI is InChI=1S/C28H53NO7/c1-5-6-7-8-9-10-11-12-13-14-15-16-17-18-19-20-26(31)35-23-25(30)24-36-28(27(32)33)34-22-21-29(2,3)4/h12-13,25,28,30H,5-11,14-24H2,1-4H3/p+1/b13-12-. The van der Waals surface area contributed by atoms with Gasteiger partial charge in [-0.05, 0) is 32.1 Å². The summed E-state index contributed by atoms with van der Waals surface area (Å²) in [6, 6.07) is 0. The zero-order valence-corrected chi connectivity index (χ0v) is 23.4. The van der Waals surface area contributed by atoms with Crippen LogP contribution in [0.15, 0.2) is 12.2 Å². The monoisotopic (exact) mass is 516 g/mol. The lowest BCUT2D eigenvalue weighted by Crippen LogP contribution is -2.40. The van der Waals surface area contributed by atoms with Crippen LogP contribution in [0.25, 0.3) is 0 Å². The molecule has 8 heteroatoms. The Kier molecular flexibility index (Phi) is 21.8. The SMILES string of the molecule is CCCCCCCC/C=C\CCCCCCCC(=O)OCC(O)COC(OCC[N+](C)(C)C)C(=O)O. The molecule has 0 spiro atoms. The zero-order valence-electron chi connectivity index (χ0n) is 23.4. The normalized spacial score (nSPS) is 13.7. The van der Waals surface area contributed by atoms with Crippen molar-refractivity contribution in [2.24, 2.45) is 0 Å². The van der Waals surface area contributed by atoms with Crippen molar-refractivity contribution < 1.29 is 38.5 Å². The molecule has 2 atom stereocenters. The molecule has 0 bridgehead atoms. The fourth-order valence-corrected chi connectivity index (χ4v) is 3.47. The van der Waals surface area contributed by atoms with Gasteiger partial charge in [-0.2, -0.15) is 0 Å². The van der Waals surface area contributed by atoms with E-state index < -0.39 is 18.4 Å². The minimum absolute atomic E-state index is 0.210. The predicted molar refractivity (Wildman–Crippen MR) is 143 cm³/mol. The third-order valence-electron chi connectivity index (χ3n) is 5.75. The lowest BCUT2D eigenvalue weighted by atomic mass is 10.1. The van der Waals surface area contributed by atoms with Gasteiger partial charge in [0.05, 0.1) is 34.4 Å².